The van der Waals surface area contributed by atoms with Crippen LogP contribution in [0.1, 0.15) is 168 Å². The molecule has 0 aromatic rings. The maximum absolute atomic E-state index is 11.6. The van der Waals surface area contributed by atoms with E-state index >= 15 is 0 Å². The zero-order valence-corrected chi connectivity index (χ0v) is 28.1. The van der Waals surface area contributed by atoms with Gasteiger partial charge in [0.15, 0.2) is 0 Å². The molecule has 0 spiro atoms. The fourth-order valence-electron chi connectivity index (χ4n) is 7.27. The molecule has 3 rings (SSSR count). The molecule has 0 saturated carbocycles. The molecule has 7 heteroatoms. The van der Waals surface area contributed by atoms with E-state index in [1.54, 1.807) is 0 Å². The predicted molar refractivity (Wildman–Crippen MR) is 175 cm³/mol. The van der Waals surface area contributed by atoms with E-state index in [2.05, 4.69) is 6.92 Å². The SMILES string of the molecule is CCCCCCCCCCC(O)C1CCC(C2CCC(C(O)C(O)CCCCCCCCCCCC3=CC(C)OC3=O)O2)O1. The molecule has 2 fully saturated rings. The van der Waals surface area contributed by atoms with Gasteiger partial charge in [0.1, 0.15) is 12.2 Å². The molecule has 44 heavy (non-hydrogen) atoms. The number of hydrogen-bond acceptors (Lipinski definition) is 7. The molecule has 8 atom stereocenters. The van der Waals surface area contributed by atoms with E-state index < -0.39 is 18.3 Å². The molecule has 0 amide bonds. The Morgan fingerprint density at radius 3 is 1.75 bits per heavy atom. The topological polar surface area (TPSA) is 105 Å². The van der Waals surface area contributed by atoms with Crippen molar-refractivity contribution in [1.82, 2.24) is 0 Å². The van der Waals surface area contributed by atoms with Gasteiger partial charge in [-0.2, -0.15) is 0 Å². The van der Waals surface area contributed by atoms with E-state index in [1.165, 1.54) is 70.6 Å². The minimum absolute atomic E-state index is 0.0186. The Bertz CT molecular complexity index is 801. The molecule has 3 aliphatic heterocycles. The second-order valence-electron chi connectivity index (χ2n) is 14.0. The Morgan fingerprint density at radius 1 is 0.682 bits per heavy atom. The number of unbranched alkanes of at least 4 members (excludes halogenated alkanes) is 15. The Kier molecular flexibility index (Phi) is 18.5. The lowest BCUT2D eigenvalue weighted by Crippen LogP contribution is -2.39. The number of aliphatic hydroxyl groups excluding tert-OH is 3. The highest BCUT2D eigenvalue weighted by Gasteiger charge is 2.42. The molecule has 2 saturated heterocycles. The number of esters is 1. The van der Waals surface area contributed by atoms with Crippen molar-refractivity contribution in [3.63, 3.8) is 0 Å². The summed E-state index contributed by atoms with van der Waals surface area (Å²) in [4.78, 5) is 11.6. The number of carbonyl (C=O) groups is 1. The van der Waals surface area contributed by atoms with Crippen LogP contribution in [0.3, 0.4) is 0 Å². The van der Waals surface area contributed by atoms with E-state index in [9.17, 15) is 20.1 Å². The van der Waals surface area contributed by atoms with Crippen LogP contribution in [0.4, 0.5) is 0 Å². The average molecular weight is 623 g/mol. The molecule has 3 aliphatic rings. The summed E-state index contributed by atoms with van der Waals surface area (Å²) in [6.45, 7) is 4.15. The van der Waals surface area contributed by atoms with Crippen LogP contribution in [0.2, 0.25) is 0 Å². The van der Waals surface area contributed by atoms with Crippen molar-refractivity contribution in [3.05, 3.63) is 11.6 Å². The smallest absolute Gasteiger partial charge is 0.334 e. The van der Waals surface area contributed by atoms with Gasteiger partial charge in [-0.3, -0.25) is 0 Å². The molecule has 0 bridgehead atoms. The van der Waals surface area contributed by atoms with Crippen LogP contribution in [0.25, 0.3) is 0 Å². The summed E-state index contributed by atoms with van der Waals surface area (Å²) in [5.74, 6) is -0.136. The lowest BCUT2D eigenvalue weighted by molar-refractivity contribution is -0.139. The van der Waals surface area contributed by atoms with Crippen LogP contribution in [-0.4, -0.2) is 70.1 Å². The van der Waals surface area contributed by atoms with Gasteiger partial charge < -0.3 is 29.5 Å². The minimum Gasteiger partial charge on any atom is -0.455 e. The van der Waals surface area contributed by atoms with E-state index in [-0.39, 0.29) is 36.5 Å². The van der Waals surface area contributed by atoms with Gasteiger partial charge in [-0.15, -0.1) is 0 Å². The first kappa shape index (κ1) is 37.5. The summed E-state index contributed by atoms with van der Waals surface area (Å²) >= 11 is 0. The molecule has 7 nitrogen and oxygen atoms in total. The van der Waals surface area contributed by atoms with E-state index in [0.29, 0.717) is 6.42 Å². The van der Waals surface area contributed by atoms with Gasteiger partial charge in [0.2, 0.25) is 0 Å². The molecule has 8 unspecified atom stereocenters. The standard InChI is InChI=1S/C37H66O7/c1-3-4-5-6-7-12-15-18-21-30(38)32-23-24-33(43-32)34-25-26-35(44-34)36(40)31(39)22-19-16-13-10-8-9-11-14-17-20-29-27-28(2)42-37(29)41/h27-28,30-36,38-40H,3-26H2,1-2H3. The molecule has 3 heterocycles. The third kappa shape index (κ3) is 13.8. The summed E-state index contributed by atoms with van der Waals surface area (Å²) in [7, 11) is 0. The highest BCUT2D eigenvalue weighted by molar-refractivity contribution is 5.90. The second kappa shape index (κ2) is 21.7. The fraction of sp³-hybridized carbons (Fsp3) is 0.919. The normalized spacial score (nSPS) is 27.4. The van der Waals surface area contributed by atoms with E-state index in [4.69, 9.17) is 14.2 Å². The summed E-state index contributed by atoms with van der Waals surface area (Å²) in [6, 6.07) is 0. The number of hydrogen-bond donors (Lipinski definition) is 3. The monoisotopic (exact) mass is 622 g/mol. The Balaban J connectivity index is 1.15. The zero-order chi connectivity index (χ0) is 31.6. The third-order valence-corrected chi connectivity index (χ3v) is 10.1. The number of aliphatic hydroxyl groups is 3. The van der Waals surface area contributed by atoms with Crippen LogP contribution in [-0.2, 0) is 19.0 Å². The number of rotatable bonds is 25. The minimum atomic E-state index is -0.852. The van der Waals surface area contributed by atoms with Gasteiger partial charge >= 0.3 is 5.97 Å². The van der Waals surface area contributed by atoms with Crippen LogP contribution in [0.15, 0.2) is 11.6 Å². The van der Waals surface area contributed by atoms with Gasteiger partial charge in [-0.05, 0) is 64.4 Å². The number of cyclic esters (lactones) is 1. The molecular formula is C37H66O7. The van der Waals surface area contributed by atoms with Crippen molar-refractivity contribution in [2.75, 3.05) is 0 Å². The van der Waals surface area contributed by atoms with Gasteiger partial charge in [0, 0.05) is 5.57 Å². The first-order valence-corrected chi connectivity index (χ1v) is 18.7. The molecule has 0 radical (unpaired) electrons. The lowest BCUT2D eigenvalue weighted by atomic mass is 9.98. The van der Waals surface area contributed by atoms with Crippen LogP contribution < -0.4 is 0 Å². The maximum atomic E-state index is 11.6. The molecule has 256 valence electrons. The molecule has 3 N–H and O–H groups in total. The lowest BCUT2D eigenvalue weighted by Gasteiger charge is -2.26. The largest absolute Gasteiger partial charge is 0.455 e. The van der Waals surface area contributed by atoms with Crippen LogP contribution in [0, 0.1) is 0 Å². The van der Waals surface area contributed by atoms with Crippen molar-refractivity contribution in [3.8, 4) is 0 Å². The maximum Gasteiger partial charge on any atom is 0.334 e. The second-order valence-corrected chi connectivity index (χ2v) is 14.0. The van der Waals surface area contributed by atoms with Crippen molar-refractivity contribution < 1.29 is 34.3 Å². The summed E-state index contributed by atoms with van der Waals surface area (Å²) < 4.78 is 17.6. The van der Waals surface area contributed by atoms with E-state index in [0.717, 1.165) is 82.6 Å². The van der Waals surface area contributed by atoms with Gasteiger partial charge in [0.25, 0.3) is 0 Å². The quantitative estimate of drug-likeness (QED) is 0.0703. The van der Waals surface area contributed by atoms with Crippen molar-refractivity contribution in [1.29, 1.82) is 0 Å². The van der Waals surface area contributed by atoms with Crippen LogP contribution in [0.5, 0.6) is 0 Å². The average Bonchev–Trinajstić information content (AvgIpc) is 3.77. The van der Waals surface area contributed by atoms with Gasteiger partial charge in [-0.1, -0.05) is 110 Å². The summed E-state index contributed by atoms with van der Waals surface area (Å²) in [6.07, 6.45) is 25.3. The Morgan fingerprint density at radius 2 is 1.18 bits per heavy atom. The Hall–Kier alpha value is -0.990. The van der Waals surface area contributed by atoms with Crippen molar-refractivity contribution in [2.24, 2.45) is 0 Å². The van der Waals surface area contributed by atoms with E-state index in [1.807, 2.05) is 13.0 Å². The molecule has 0 aromatic carbocycles. The zero-order valence-electron chi connectivity index (χ0n) is 28.1. The van der Waals surface area contributed by atoms with Gasteiger partial charge in [0.05, 0.1) is 36.6 Å². The molecular weight excluding hydrogens is 556 g/mol. The van der Waals surface area contributed by atoms with Crippen molar-refractivity contribution >= 4 is 5.97 Å². The van der Waals surface area contributed by atoms with Gasteiger partial charge in [-0.25, -0.2) is 4.79 Å². The molecule has 0 aliphatic carbocycles. The number of carbonyl (C=O) groups excluding carboxylic acids is 1. The first-order valence-electron chi connectivity index (χ1n) is 18.7. The predicted octanol–water partition coefficient (Wildman–Crippen LogP) is 7.86. The first-order chi connectivity index (χ1) is 21.4. The fourth-order valence-corrected chi connectivity index (χ4v) is 7.27. The Labute approximate surface area is 268 Å². The summed E-state index contributed by atoms with van der Waals surface area (Å²) in [5, 5.41) is 32.1. The molecule has 0 aromatic heterocycles. The van der Waals surface area contributed by atoms with Crippen LogP contribution >= 0.6 is 0 Å². The van der Waals surface area contributed by atoms with Crippen molar-refractivity contribution in [2.45, 2.75) is 217 Å². The number of ether oxygens (including phenoxy) is 3. The summed E-state index contributed by atoms with van der Waals surface area (Å²) in [5.41, 5.74) is 0.848. The highest BCUT2D eigenvalue weighted by atomic mass is 16.6. The highest BCUT2D eigenvalue weighted by Crippen LogP contribution is 2.35. The third-order valence-electron chi connectivity index (χ3n) is 10.1.